The monoisotopic (exact) mass is 278 g/mol. The third-order valence-corrected chi connectivity index (χ3v) is 4.19. The van der Waals surface area contributed by atoms with Gasteiger partial charge in [0, 0.05) is 26.7 Å². The summed E-state index contributed by atoms with van der Waals surface area (Å²) in [5, 5.41) is 4.29. The van der Waals surface area contributed by atoms with Crippen molar-refractivity contribution in [2.75, 3.05) is 43.6 Å². The first-order chi connectivity index (χ1) is 9.29. The van der Waals surface area contributed by atoms with E-state index in [9.17, 15) is 0 Å². The van der Waals surface area contributed by atoms with Gasteiger partial charge in [-0.1, -0.05) is 11.3 Å². The number of aryl methyl sites for hydroxylation is 1. The Morgan fingerprint density at radius 1 is 1.37 bits per heavy atom. The van der Waals surface area contributed by atoms with Crippen molar-refractivity contribution in [3.63, 3.8) is 0 Å². The van der Waals surface area contributed by atoms with E-state index in [0.29, 0.717) is 0 Å². The predicted molar refractivity (Wildman–Crippen MR) is 79.3 cm³/mol. The van der Waals surface area contributed by atoms with Gasteiger partial charge in [0.1, 0.15) is 10.3 Å². The number of hydrogen-bond donors (Lipinski definition) is 1. The molecule has 0 spiro atoms. The number of aromatic nitrogens is 2. The lowest BCUT2D eigenvalue weighted by molar-refractivity contribution is 0.152. The van der Waals surface area contributed by atoms with E-state index in [-0.39, 0.29) is 0 Å². The highest BCUT2D eigenvalue weighted by molar-refractivity contribution is 7.18. The molecule has 0 unspecified atom stereocenters. The van der Waals surface area contributed by atoms with Crippen molar-refractivity contribution in [3.8, 4) is 0 Å². The number of rotatable bonds is 2. The van der Waals surface area contributed by atoms with E-state index in [1.165, 1.54) is 5.69 Å². The lowest BCUT2D eigenvalue weighted by Crippen LogP contribution is -2.27. The fourth-order valence-corrected chi connectivity index (χ4v) is 3.20. The van der Waals surface area contributed by atoms with Crippen LogP contribution in [0.1, 0.15) is 11.4 Å². The van der Waals surface area contributed by atoms with E-state index in [1.54, 1.807) is 11.3 Å². The number of thiazole rings is 1. The van der Waals surface area contributed by atoms with Crippen molar-refractivity contribution in [1.29, 1.82) is 0 Å². The van der Waals surface area contributed by atoms with E-state index in [2.05, 4.69) is 20.2 Å². The summed E-state index contributed by atoms with van der Waals surface area (Å²) in [6.45, 7) is 5.56. The number of ether oxygens (including phenoxy) is 1. The number of anilines is 2. The molecular weight excluding hydrogens is 260 g/mol. The number of hydrogen-bond acceptors (Lipinski definition) is 6. The molecule has 0 amide bonds. The SMILES string of the molecule is CNc1cnc2sc(C)nc2c1N1CCCOCC1. The van der Waals surface area contributed by atoms with Crippen LogP contribution < -0.4 is 10.2 Å². The molecule has 1 fully saturated rings. The second-order valence-electron chi connectivity index (χ2n) is 4.61. The van der Waals surface area contributed by atoms with Gasteiger partial charge in [-0.15, -0.1) is 0 Å². The van der Waals surface area contributed by atoms with Gasteiger partial charge >= 0.3 is 0 Å². The Morgan fingerprint density at radius 2 is 2.26 bits per heavy atom. The molecule has 102 valence electrons. The number of nitrogens with zero attached hydrogens (tertiary/aromatic N) is 3. The molecule has 0 atom stereocenters. The summed E-state index contributed by atoms with van der Waals surface area (Å²) in [4.78, 5) is 12.5. The molecule has 2 aromatic heterocycles. The maximum atomic E-state index is 5.54. The highest BCUT2D eigenvalue weighted by Crippen LogP contribution is 2.35. The van der Waals surface area contributed by atoms with Gasteiger partial charge in [0.15, 0.2) is 0 Å². The van der Waals surface area contributed by atoms with E-state index in [0.717, 1.165) is 53.8 Å². The first kappa shape index (κ1) is 12.6. The largest absolute Gasteiger partial charge is 0.385 e. The topological polar surface area (TPSA) is 50.3 Å². The van der Waals surface area contributed by atoms with Crippen molar-refractivity contribution in [1.82, 2.24) is 9.97 Å². The van der Waals surface area contributed by atoms with Crippen LogP contribution in [-0.2, 0) is 4.74 Å². The minimum absolute atomic E-state index is 0.774. The Bertz CT molecular complexity index is 575. The molecule has 0 aromatic carbocycles. The molecule has 0 bridgehead atoms. The second-order valence-corrected chi connectivity index (χ2v) is 5.79. The van der Waals surface area contributed by atoms with Gasteiger partial charge in [-0.05, 0) is 13.3 Å². The normalized spacial score (nSPS) is 16.6. The van der Waals surface area contributed by atoms with Gasteiger partial charge < -0.3 is 15.0 Å². The fourth-order valence-electron chi connectivity index (χ4n) is 2.44. The Balaban J connectivity index is 2.12. The van der Waals surface area contributed by atoms with E-state index in [1.807, 2.05) is 20.2 Å². The zero-order valence-corrected chi connectivity index (χ0v) is 12.1. The van der Waals surface area contributed by atoms with Crippen LogP contribution in [0, 0.1) is 6.92 Å². The van der Waals surface area contributed by atoms with Crippen molar-refractivity contribution in [2.45, 2.75) is 13.3 Å². The number of fused-ring (bicyclic) bond motifs is 1. The van der Waals surface area contributed by atoms with Gasteiger partial charge in [0.2, 0.25) is 0 Å². The van der Waals surface area contributed by atoms with Crippen LogP contribution in [0.2, 0.25) is 0 Å². The highest BCUT2D eigenvalue weighted by Gasteiger charge is 2.19. The van der Waals surface area contributed by atoms with Crippen LogP contribution in [-0.4, -0.2) is 43.3 Å². The first-order valence-electron chi connectivity index (χ1n) is 6.56. The van der Waals surface area contributed by atoms with Gasteiger partial charge in [-0.2, -0.15) is 0 Å². The standard InChI is InChI=1S/C13H18N4OS/c1-9-16-11-12(17-4-3-6-18-7-5-17)10(14-2)8-15-13(11)19-9/h8,14H,3-7H2,1-2H3. The minimum Gasteiger partial charge on any atom is -0.385 e. The Labute approximate surface area is 116 Å². The van der Waals surface area contributed by atoms with Crippen molar-refractivity contribution >= 4 is 33.1 Å². The molecule has 5 nitrogen and oxygen atoms in total. The Kier molecular flexibility index (Phi) is 3.52. The molecule has 0 aliphatic carbocycles. The van der Waals surface area contributed by atoms with Gasteiger partial charge in [0.05, 0.1) is 29.2 Å². The quantitative estimate of drug-likeness (QED) is 0.913. The predicted octanol–water partition coefficient (Wildman–Crippen LogP) is 2.27. The summed E-state index contributed by atoms with van der Waals surface area (Å²) in [5.41, 5.74) is 3.22. The average molecular weight is 278 g/mol. The van der Waals surface area contributed by atoms with Crippen LogP contribution in [0.3, 0.4) is 0 Å². The fraction of sp³-hybridized carbons (Fsp3) is 0.538. The van der Waals surface area contributed by atoms with Crippen LogP contribution in [0.25, 0.3) is 10.3 Å². The van der Waals surface area contributed by atoms with Crippen LogP contribution >= 0.6 is 11.3 Å². The van der Waals surface area contributed by atoms with E-state index in [4.69, 9.17) is 4.74 Å². The third kappa shape index (κ3) is 2.37. The van der Waals surface area contributed by atoms with E-state index >= 15 is 0 Å². The first-order valence-corrected chi connectivity index (χ1v) is 7.38. The molecule has 2 aromatic rings. The lowest BCUT2D eigenvalue weighted by atomic mass is 10.2. The minimum atomic E-state index is 0.774. The van der Waals surface area contributed by atoms with Crippen molar-refractivity contribution < 1.29 is 4.74 Å². The van der Waals surface area contributed by atoms with Gasteiger partial charge in [0.25, 0.3) is 0 Å². The highest BCUT2D eigenvalue weighted by atomic mass is 32.1. The summed E-state index contributed by atoms with van der Waals surface area (Å²) >= 11 is 1.65. The lowest BCUT2D eigenvalue weighted by Gasteiger charge is -2.24. The second kappa shape index (κ2) is 5.30. The number of nitrogens with one attached hydrogen (secondary N) is 1. The Hall–Kier alpha value is -1.40. The maximum absolute atomic E-state index is 5.54. The summed E-state index contributed by atoms with van der Waals surface area (Å²) in [6, 6.07) is 0. The Morgan fingerprint density at radius 3 is 3.11 bits per heavy atom. The van der Waals surface area contributed by atoms with Crippen LogP contribution in [0.15, 0.2) is 6.20 Å². The molecule has 1 aliphatic heterocycles. The summed E-state index contributed by atoms with van der Waals surface area (Å²) in [5.74, 6) is 0. The molecule has 6 heteroatoms. The van der Waals surface area contributed by atoms with E-state index < -0.39 is 0 Å². The zero-order chi connectivity index (χ0) is 13.2. The average Bonchev–Trinajstić information content (AvgIpc) is 2.63. The number of pyridine rings is 1. The smallest absolute Gasteiger partial charge is 0.145 e. The van der Waals surface area contributed by atoms with Gasteiger partial charge in [-0.3, -0.25) is 0 Å². The summed E-state index contributed by atoms with van der Waals surface area (Å²) in [7, 11) is 1.93. The molecule has 3 heterocycles. The van der Waals surface area contributed by atoms with Crippen molar-refractivity contribution in [2.24, 2.45) is 0 Å². The van der Waals surface area contributed by atoms with Crippen LogP contribution in [0.4, 0.5) is 11.4 Å². The molecule has 3 rings (SSSR count). The molecule has 19 heavy (non-hydrogen) atoms. The zero-order valence-electron chi connectivity index (χ0n) is 11.3. The molecule has 1 aliphatic rings. The molecule has 0 saturated carbocycles. The van der Waals surface area contributed by atoms with Gasteiger partial charge in [-0.25, -0.2) is 9.97 Å². The molecule has 1 saturated heterocycles. The third-order valence-electron chi connectivity index (χ3n) is 3.31. The van der Waals surface area contributed by atoms with Crippen LogP contribution in [0.5, 0.6) is 0 Å². The van der Waals surface area contributed by atoms with Crippen molar-refractivity contribution in [3.05, 3.63) is 11.2 Å². The maximum Gasteiger partial charge on any atom is 0.145 e. The molecule has 0 radical (unpaired) electrons. The molecule has 1 N–H and O–H groups in total. The summed E-state index contributed by atoms with van der Waals surface area (Å²) in [6.07, 6.45) is 2.96. The molecular formula is C13H18N4OS. The summed E-state index contributed by atoms with van der Waals surface area (Å²) < 4.78 is 5.54.